The molecule has 0 N–H and O–H groups in total. The monoisotopic (exact) mass is 532 g/mol. The van der Waals surface area contributed by atoms with Gasteiger partial charge in [-0.05, 0) is 35.9 Å². The Hall–Kier alpha value is -4.53. The molecular weight excluding hydrogens is 498 g/mol. The van der Waals surface area contributed by atoms with Gasteiger partial charge in [0.05, 0.1) is 33.1 Å². The number of ether oxygens (including phenoxy) is 3. The van der Waals surface area contributed by atoms with Crippen molar-refractivity contribution in [3.63, 3.8) is 0 Å². The summed E-state index contributed by atoms with van der Waals surface area (Å²) in [6, 6.07) is 17.9. The minimum Gasteiger partial charge on any atom is -0.495 e. The van der Waals surface area contributed by atoms with E-state index in [-0.39, 0.29) is 13.1 Å². The van der Waals surface area contributed by atoms with Gasteiger partial charge in [0.2, 0.25) is 5.36 Å². The second-order valence-corrected chi connectivity index (χ2v) is 9.52. The minimum absolute atomic E-state index is 0.157. The molecule has 0 unspecified atom stereocenters. The fraction of sp³-hybridized carbons (Fsp3) is 0.300. The van der Waals surface area contributed by atoms with Crippen molar-refractivity contribution < 1.29 is 28.2 Å². The first-order chi connectivity index (χ1) is 18.7. The maximum absolute atomic E-state index is 12.3. The Morgan fingerprint density at radius 2 is 1.56 bits per heavy atom. The van der Waals surface area contributed by atoms with E-state index in [0.29, 0.717) is 11.4 Å². The molecule has 0 fully saturated rings. The Morgan fingerprint density at radius 3 is 2.15 bits per heavy atom. The molecule has 0 saturated heterocycles. The van der Waals surface area contributed by atoms with Gasteiger partial charge in [-0.2, -0.15) is 0 Å². The Kier molecular flexibility index (Phi) is 8.09. The Labute approximate surface area is 227 Å². The van der Waals surface area contributed by atoms with Crippen LogP contribution in [0.25, 0.3) is 33.4 Å². The average molecular weight is 533 g/mol. The number of hydrogen-bond donors (Lipinski definition) is 0. The summed E-state index contributed by atoms with van der Waals surface area (Å²) in [6.07, 6.45) is 0. The van der Waals surface area contributed by atoms with Crippen LogP contribution in [0.5, 0.6) is 5.75 Å². The van der Waals surface area contributed by atoms with E-state index in [1.807, 2.05) is 92.3 Å². The van der Waals surface area contributed by atoms with E-state index in [4.69, 9.17) is 18.6 Å². The minimum atomic E-state index is -0.492. The third-order valence-electron chi connectivity index (χ3n) is 6.63. The van der Waals surface area contributed by atoms with Gasteiger partial charge in [0, 0.05) is 48.4 Å². The summed E-state index contributed by atoms with van der Waals surface area (Å²) in [5.74, 6) is 0.255. The van der Waals surface area contributed by atoms with Gasteiger partial charge >= 0.3 is 11.9 Å². The molecule has 0 bridgehead atoms. The zero-order valence-electron chi connectivity index (χ0n) is 23.4. The first-order valence-electron chi connectivity index (χ1n) is 12.4. The first kappa shape index (κ1) is 27.5. The molecule has 2 aromatic carbocycles. The maximum atomic E-state index is 12.3. The molecule has 0 spiro atoms. The average Bonchev–Trinajstić information content (AvgIpc) is 2.94. The maximum Gasteiger partial charge on any atom is 0.325 e. The summed E-state index contributed by atoms with van der Waals surface area (Å²) >= 11 is 0. The van der Waals surface area contributed by atoms with Crippen LogP contribution in [0.15, 0.2) is 59.0 Å². The number of rotatable bonds is 8. The molecule has 0 saturated carbocycles. The Balaban J connectivity index is 2.02. The van der Waals surface area contributed by atoms with Crippen molar-refractivity contribution in [2.75, 3.05) is 72.4 Å². The molecule has 0 radical (unpaired) electrons. The highest BCUT2D eigenvalue weighted by atomic mass is 16.5. The van der Waals surface area contributed by atoms with Crippen molar-refractivity contribution in [1.29, 1.82) is 0 Å². The normalized spacial score (nSPS) is 10.8. The zero-order chi connectivity index (χ0) is 28.3. The van der Waals surface area contributed by atoms with Crippen LogP contribution >= 0.6 is 0 Å². The molecule has 9 heteroatoms. The summed E-state index contributed by atoms with van der Waals surface area (Å²) in [5, 5.41) is 1.94. The number of fused-ring (bicyclic) bond motifs is 2. The van der Waals surface area contributed by atoms with Gasteiger partial charge in [0.25, 0.3) is 0 Å². The molecule has 4 rings (SSSR count). The predicted molar refractivity (Wildman–Crippen MR) is 153 cm³/mol. The van der Waals surface area contributed by atoms with Crippen LogP contribution < -0.4 is 24.5 Å². The molecule has 1 heterocycles. The van der Waals surface area contributed by atoms with E-state index in [2.05, 4.69) is 0 Å². The fourth-order valence-corrected chi connectivity index (χ4v) is 4.49. The zero-order valence-corrected chi connectivity index (χ0v) is 23.4. The molecule has 204 valence electrons. The number of carbonyl (C=O) groups is 2. The summed E-state index contributed by atoms with van der Waals surface area (Å²) in [4.78, 5) is 28.1. The summed E-state index contributed by atoms with van der Waals surface area (Å²) in [5.41, 5.74) is 5.06. The lowest BCUT2D eigenvalue weighted by Crippen LogP contribution is -2.35. The molecule has 2 aliphatic rings. The number of benzene rings is 3. The summed E-state index contributed by atoms with van der Waals surface area (Å²) in [7, 11) is 12.1. The molecular formula is C30H34N3O6+. The van der Waals surface area contributed by atoms with Crippen molar-refractivity contribution >= 4 is 34.3 Å². The molecule has 0 aromatic heterocycles. The van der Waals surface area contributed by atoms with Crippen molar-refractivity contribution in [3.8, 4) is 28.2 Å². The Bertz CT molecular complexity index is 1550. The van der Waals surface area contributed by atoms with Gasteiger partial charge in [-0.3, -0.25) is 9.59 Å². The molecule has 9 nitrogen and oxygen atoms in total. The van der Waals surface area contributed by atoms with Crippen LogP contribution in [-0.4, -0.2) is 74.5 Å². The van der Waals surface area contributed by atoms with E-state index in [1.54, 1.807) is 12.0 Å². The topological polar surface area (TPSA) is 84.5 Å². The largest absolute Gasteiger partial charge is 0.495 e. The quantitative estimate of drug-likeness (QED) is 0.194. The predicted octanol–water partition coefficient (Wildman–Crippen LogP) is 3.46. The van der Waals surface area contributed by atoms with Crippen LogP contribution in [0.2, 0.25) is 0 Å². The third-order valence-corrected chi connectivity index (χ3v) is 6.63. The van der Waals surface area contributed by atoms with Crippen molar-refractivity contribution in [1.82, 2.24) is 4.58 Å². The van der Waals surface area contributed by atoms with E-state index >= 15 is 0 Å². The third kappa shape index (κ3) is 5.67. The summed E-state index contributed by atoms with van der Waals surface area (Å²) < 4.78 is 23.9. The van der Waals surface area contributed by atoms with Gasteiger partial charge in [0.1, 0.15) is 44.3 Å². The summed E-state index contributed by atoms with van der Waals surface area (Å²) in [6.45, 7) is -0.315. The SMILES string of the molecule is COC(=O)CN(CC(=O)OC)c1cc(-c2c3ccc(=[N+](C)C)cc-3oc3cc(N(C)C)ccc23)ccc1OC. The van der Waals surface area contributed by atoms with Crippen molar-refractivity contribution in [3.05, 3.63) is 60.0 Å². The van der Waals surface area contributed by atoms with Crippen LogP contribution in [0, 0.1) is 0 Å². The van der Waals surface area contributed by atoms with E-state index in [9.17, 15) is 9.59 Å². The lowest BCUT2D eigenvalue weighted by atomic mass is 9.93. The fourth-order valence-electron chi connectivity index (χ4n) is 4.49. The van der Waals surface area contributed by atoms with E-state index < -0.39 is 11.9 Å². The van der Waals surface area contributed by atoms with Crippen LogP contribution in [0.1, 0.15) is 0 Å². The second-order valence-electron chi connectivity index (χ2n) is 9.52. The number of hydrogen-bond acceptors (Lipinski definition) is 8. The number of methoxy groups -OCH3 is 3. The number of anilines is 2. The molecule has 1 aliphatic carbocycles. The smallest absolute Gasteiger partial charge is 0.325 e. The van der Waals surface area contributed by atoms with Crippen LogP contribution in [0.3, 0.4) is 0 Å². The van der Waals surface area contributed by atoms with Gasteiger partial charge < -0.3 is 28.4 Å². The standard InChI is InChI=1S/C30H34N3O6/c1-31(2)20-9-11-22-26(15-20)39-27-16-21(32(3)4)10-12-23(27)30(22)19-8-13-25(36-5)24(14-19)33(17-28(34)37-6)18-29(35)38-7/h8-16H,17-18H2,1-7H3/q+1. The van der Waals surface area contributed by atoms with Gasteiger partial charge in [-0.25, -0.2) is 4.58 Å². The van der Waals surface area contributed by atoms with Crippen LogP contribution in [-0.2, 0) is 19.1 Å². The highest BCUT2D eigenvalue weighted by Gasteiger charge is 2.23. The highest BCUT2D eigenvalue weighted by Crippen LogP contribution is 2.43. The molecule has 39 heavy (non-hydrogen) atoms. The van der Waals surface area contributed by atoms with Gasteiger partial charge in [-0.15, -0.1) is 0 Å². The lowest BCUT2D eigenvalue weighted by Gasteiger charge is -2.25. The Morgan fingerprint density at radius 1 is 0.872 bits per heavy atom. The highest BCUT2D eigenvalue weighted by molar-refractivity contribution is 6.03. The van der Waals surface area contributed by atoms with Gasteiger partial charge in [-0.1, -0.05) is 6.07 Å². The second kappa shape index (κ2) is 11.5. The molecule has 1 aliphatic heterocycles. The first-order valence-corrected chi connectivity index (χ1v) is 12.4. The van der Waals surface area contributed by atoms with Gasteiger partial charge in [0.15, 0.2) is 0 Å². The lowest BCUT2D eigenvalue weighted by molar-refractivity contribution is -0.140. The number of esters is 2. The van der Waals surface area contributed by atoms with Crippen LogP contribution in [0.4, 0.5) is 11.4 Å². The van der Waals surface area contributed by atoms with E-state index in [0.717, 1.165) is 44.5 Å². The molecule has 0 atom stereocenters. The van der Waals surface area contributed by atoms with Crippen molar-refractivity contribution in [2.45, 2.75) is 0 Å². The molecule has 0 amide bonds. The number of nitrogens with zero attached hydrogens (tertiary/aromatic N) is 3. The van der Waals surface area contributed by atoms with Crippen molar-refractivity contribution in [2.24, 2.45) is 0 Å². The number of carbonyl (C=O) groups excluding carboxylic acids is 2. The van der Waals surface area contributed by atoms with E-state index in [1.165, 1.54) is 14.2 Å². The molecule has 2 aromatic rings.